The third-order valence-electron chi connectivity index (χ3n) is 2.58. The number of allylic oxidation sites excluding steroid dienone is 2. The number of amides is 1. The van der Waals surface area contributed by atoms with Crippen molar-refractivity contribution < 1.29 is 4.79 Å². The Morgan fingerprint density at radius 1 is 1.60 bits per heavy atom. The summed E-state index contributed by atoms with van der Waals surface area (Å²) < 4.78 is 1.88. The highest BCUT2D eigenvalue weighted by atomic mass is 32.1. The SMILES string of the molecule is Cn1ccsc1=NC(=O)C1CC=CCC1. The van der Waals surface area contributed by atoms with E-state index in [1.807, 2.05) is 23.2 Å². The number of rotatable bonds is 1. The Morgan fingerprint density at radius 3 is 3.07 bits per heavy atom. The van der Waals surface area contributed by atoms with E-state index in [4.69, 9.17) is 0 Å². The number of nitrogens with zero attached hydrogens (tertiary/aromatic N) is 2. The smallest absolute Gasteiger partial charge is 0.251 e. The van der Waals surface area contributed by atoms with Crippen LogP contribution < -0.4 is 4.80 Å². The second-order valence-electron chi connectivity index (χ2n) is 3.73. The quantitative estimate of drug-likeness (QED) is 0.668. The summed E-state index contributed by atoms with van der Waals surface area (Å²) in [6.07, 6.45) is 8.91. The molecule has 3 nitrogen and oxygen atoms in total. The van der Waals surface area contributed by atoms with Crippen molar-refractivity contribution in [2.75, 3.05) is 0 Å². The zero-order valence-corrected chi connectivity index (χ0v) is 9.54. The Morgan fingerprint density at radius 2 is 2.47 bits per heavy atom. The van der Waals surface area contributed by atoms with Crippen LogP contribution in [0.3, 0.4) is 0 Å². The van der Waals surface area contributed by atoms with Crippen LogP contribution >= 0.6 is 11.3 Å². The molecule has 1 atom stereocenters. The first-order valence-corrected chi connectivity index (χ1v) is 5.99. The minimum atomic E-state index is 0.0254. The van der Waals surface area contributed by atoms with Crippen LogP contribution in [-0.4, -0.2) is 10.5 Å². The monoisotopic (exact) mass is 222 g/mol. The van der Waals surface area contributed by atoms with E-state index in [1.54, 1.807) is 0 Å². The van der Waals surface area contributed by atoms with Crippen molar-refractivity contribution in [3.05, 3.63) is 28.5 Å². The van der Waals surface area contributed by atoms with Crippen LogP contribution in [0.2, 0.25) is 0 Å². The molecule has 0 spiro atoms. The van der Waals surface area contributed by atoms with Gasteiger partial charge in [0.05, 0.1) is 0 Å². The Bertz CT molecular complexity index is 441. The summed E-state index contributed by atoms with van der Waals surface area (Å²) in [5, 5.41) is 1.94. The zero-order valence-electron chi connectivity index (χ0n) is 8.72. The van der Waals surface area contributed by atoms with Crippen molar-refractivity contribution in [1.29, 1.82) is 0 Å². The van der Waals surface area contributed by atoms with Crippen molar-refractivity contribution in [3.8, 4) is 0 Å². The fraction of sp³-hybridized carbons (Fsp3) is 0.455. The molecule has 0 bridgehead atoms. The molecule has 0 saturated carbocycles. The molecule has 0 radical (unpaired) electrons. The van der Waals surface area contributed by atoms with Crippen LogP contribution in [0.25, 0.3) is 0 Å². The molecule has 15 heavy (non-hydrogen) atoms. The molecular formula is C11H14N2OS. The molecule has 0 saturated heterocycles. The summed E-state index contributed by atoms with van der Waals surface area (Å²) in [4.78, 5) is 16.7. The van der Waals surface area contributed by atoms with Gasteiger partial charge in [0.2, 0.25) is 0 Å². The van der Waals surface area contributed by atoms with Crippen LogP contribution in [0, 0.1) is 5.92 Å². The Balaban J connectivity index is 2.16. The number of hydrogen-bond acceptors (Lipinski definition) is 2. The van der Waals surface area contributed by atoms with Crippen LogP contribution in [0.15, 0.2) is 28.7 Å². The second-order valence-corrected chi connectivity index (χ2v) is 4.60. The average molecular weight is 222 g/mol. The topological polar surface area (TPSA) is 34.4 Å². The highest BCUT2D eigenvalue weighted by Crippen LogP contribution is 2.19. The average Bonchev–Trinajstić information content (AvgIpc) is 2.66. The van der Waals surface area contributed by atoms with Gasteiger partial charge in [-0.3, -0.25) is 4.79 Å². The first-order chi connectivity index (χ1) is 7.27. The summed E-state index contributed by atoms with van der Waals surface area (Å²) in [6.45, 7) is 0. The fourth-order valence-corrected chi connectivity index (χ4v) is 2.37. The van der Waals surface area contributed by atoms with Gasteiger partial charge >= 0.3 is 0 Å². The van der Waals surface area contributed by atoms with E-state index in [2.05, 4.69) is 17.1 Å². The van der Waals surface area contributed by atoms with Gasteiger partial charge in [-0.15, -0.1) is 11.3 Å². The van der Waals surface area contributed by atoms with E-state index in [1.165, 1.54) is 11.3 Å². The van der Waals surface area contributed by atoms with Gasteiger partial charge in [0.25, 0.3) is 5.91 Å². The molecule has 0 N–H and O–H groups in total. The van der Waals surface area contributed by atoms with Crippen molar-refractivity contribution >= 4 is 17.2 Å². The fourth-order valence-electron chi connectivity index (χ4n) is 1.64. The lowest BCUT2D eigenvalue weighted by molar-refractivity contribution is -0.122. The molecule has 2 rings (SSSR count). The van der Waals surface area contributed by atoms with Crippen molar-refractivity contribution in [3.63, 3.8) is 0 Å². The van der Waals surface area contributed by atoms with E-state index in [-0.39, 0.29) is 11.8 Å². The summed E-state index contributed by atoms with van der Waals surface area (Å²) in [7, 11) is 1.91. The third kappa shape index (κ3) is 2.45. The van der Waals surface area contributed by atoms with Crippen molar-refractivity contribution in [2.45, 2.75) is 19.3 Å². The molecule has 1 aromatic rings. The molecule has 1 aliphatic rings. The second kappa shape index (κ2) is 4.57. The highest BCUT2D eigenvalue weighted by Gasteiger charge is 2.17. The van der Waals surface area contributed by atoms with Gasteiger partial charge in [0.15, 0.2) is 4.80 Å². The van der Waals surface area contributed by atoms with E-state index in [0.29, 0.717) is 0 Å². The van der Waals surface area contributed by atoms with Gasteiger partial charge in [0.1, 0.15) is 0 Å². The number of carbonyl (C=O) groups excluding carboxylic acids is 1. The Labute approximate surface area is 92.8 Å². The maximum atomic E-state index is 11.8. The highest BCUT2D eigenvalue weighted by molar-refractivity contribution is 7.07. The summed E-state index contributed by atoms with van der Waals surface area (Å²) >= 11 is 1.50. The lowest BCUT2D eigenvalue weighted by atomic mass is 9.94. The van der Waals surface area contributed by atoms with Gasteiger partial charge in [0, 0.05) is 24.5 Å². The molecule has 1 unspecified atom stereocenters. The lowest BCUT2D eigenvalue weighted by Gasteiger charge is -2.12. The summed E-state index contributed by atoms with van der Waals surface area (Å²) in [5.74, 6) is 0.120. The number of hydrogen-bond donors (Lipinski definition) is 0. The minimum absolute atomic E-state index is 0.0254. The predicted octanol–water partition coefficient (Wildman–Crippen LogP) is 1.87. The molecule has 1 aromatic heterocycles. The molecule has 0 aliphatic heterocycles. The maximum absolute atomic E-state index is 11.8. The molecule has 1 heterocycles. The van der Waals surface area contributed by atoms with E-state index >= 15 is 0 Å². The van der Waals surface area contributed by atoms with E-state index in [0.717, 1.165) is 24.1 Å². The van der Waals surface area contributed by atoms with E-state index < -0.39 is 0 Å². The zero-order chi connectivity index (χ0) is 10.7. The summed E-state index contributed by atoms with van der Waals surface area (Å²) in [6, 6.07) is 0. The van der Waals surface area contributed by atoms with Gasteiger partial charge < -0.3 is 4.57 Å². The third-order valence-corrected chi connectivity index (χ3v) is 3.43. The number of carbonyl (C=O) groups is 1. The largest absolute Gasteiger partial charge is 0.327 e. The first kappa shape index (κ1) is 10.4. The molecule has 0 aromatic carbocycles. The Hall–Kier alpha value is -1.16. The number of aryl methyl sites for hydroxylation is 1. The van der Waals surface area contributed by atoms with Gasteiger partial charge in [-0.05, 0) is 19.3 Å². The van der Waals surface area contributed by atoms with Gasteiger partial charge in [-0.2, -0.15) is 4.99 Å². The van der Waals surface area contributed by atoms with Crippen LogP contribution in [-0.2, 0) is 11.8 Å². The summed E-state index contributed by atoms with van der Waals surface area (Å²) in [5.41, 5.74) is 0. The van der Waals surface area contributed by atoms with Crippen molar-refractivity contribution in [1.82, 2.24) is 4.57 Å². The van der Waals surface area contributed by atoms with Gasteiger partial charge in [-0.25, -0.2) is 0 Å². The van der Waals surface area contributed by atoms with E-state index in [9.17, 15) is 4.79 Å². The molecule has 1 amide bonds. The van der Waals surface area contributed by atoms with Crippen molar-refractivity contribution in [2.24, 2.45) is 18.0 Å². The number of thiazole rings is 1. The first-order valence-electron chi connectivity index (χ1n) is 5.11. The Kier molecular flexibility index (Phi) is 3.16. The molecule has 80 valence electrons. The molecule has 1 aliphatic carbocycles. The normalized spacial score (nSPS) is 21.9. The minimum Gasteiger partial charge on any atom is -0.327 e. The van der Waals surface area contributed by atoms with Crippen LogP contribution in [0.1, 0.15) is 19.3 Å². The molecule has 4 heteroatoms. The van der Waals surface area contributed by atoms with Crippen LogP contribution in [0.5, 0.6) is 0 Å². The molecular weight excluding hydrogens is 208 g/mol. The maximum Gasteiger partial charge on any atom is 0.251 e. The number of aromatic nitrogens is 1. The standard InChI is InChI=1S/C11H14N2OS/c1-13-7-8-15-11(13)12-10(14)9-5-3-2-4-6-9/h2-3,7-9H,4-6H2,1H3. The predicted molar refractivity (Wildman–Crippen MR) is 60.3 cm³/mol. The lowest BCUT2D eigenvalue weighted by Crippen LogP contribution is -2.19. The van der Waals surface area contributed by atoms with Crippen LogP contribution in [0.4, 0.5) is 0 Å². The van der Waals surface area contributed by atoms with Gasteiger partial charge in [-0.1, -0.05) is 12.2 Å². The molecule has 0 fully saturated rings.